The summed E-state index contributed by atoms with van der Waals surface area (Å²) < 4.78 is 0. The van der Waals surface area contributed by atoms with E-state index in [0.29, 0.717) is 22.2 Å². The normalized spacial score (nSPS) is 16.8. The molecule has 0 bridgehead atoms. The Kier molecular flexibility index (Phi) is 7.36. The van der Waals surface area contributed by atoms with Crippen LogP contribution in [0.2, 0.25) is 5.02 Å². The van der Waals surface area contributed by atoms with Gasteiger partial charge in [0.25, 0.3) is 5.91 Å². The van der Waals surface area contributed by atoms with Crippen LogP contribution in [0.3, 0.4) is 0 Å². The standard InChI is InChI=1S/C27H22ClN3O2S/c1-18-6-5-9-20(14-18)15-24-26(33)31(22-12-10-21(28)11-13-22)27(34-24)23(16-29)25(32)30-17-19-7-3-2-4-8-19/h2-14,24H,15,17H2,1H3,(H,30,32)/b27-23-/t24-/m1/s1. The van der Waals surface area contributed by atoms with E-state index in [0.717, 1.165) is 16.7 Å². The van der Waals surface area contributed by atoms with E-state index in [4.69, 9.17) is 11.6 Å². The predicted molar refractivity (Wildman–Crippen MR) is 136 cm³/mol. The Labute approximate surface area is 208 Å². The van der Waals surface area contributed by atoms with Crippen molar-refractivity contribution in [3.8, 4) is 6.07 Å². The van der Waals surface area contributed by atoms with Crippen LogP contribution in [0.15, 0.2) is 89.5 Å². The van der Waals surface area contributed by atoms with Gasteiger partial charge in [-0.1, -0.05) is 83.5 Å². The molecule has 0 saturated carbocycles. The molecule has 3 aromatic carbocycles. The molecule has 0 aromatic heterocycles. The van der Waals surface area contributed by atoms with Gasteiger partial charge in [0.05, 0.1) is 5.25 Å². The summed E-state index contributed by atoms with van der Waals surface area (Å²) in [4.78, 5) is 28.0. The number of nitrogens with one attached hydrogen (secondary N) is 1. The molecule has 0 radical (unpaired) electrons. The SMILES string of the molecule is Cc1cccc(C[C@H]2S/C(=C(/C#N)C(=O)NCc3ccccc3)N(c3ccc(Cl)cc3)C2=O)c1. The first-order valence-corrected chi connectivity index (χ1v) is 12.0. The molecule has 5 nitrogen and oxygen atoms in total. The van der Waals surface area contributed by atoms with Crippen LogP contribution in [-0.2, 0) is 22.6 Å². The van der Waals surface area contributed by atoms with Crippen molar-refractivity contribution in [2.45, 2.75) is 25.1 Å². The third-order valence-corrected chi connectivity index (χ3v) is 6.90. The van der Waals surface area contributed by atoms with Gasteiger partial charge in [0.1, 0.15) is 16.7 Å². The molecule has 1 fully saturated rings. The molecule has 1 saturated heterocycles. The first kappa shape index (κ1) is 23.6. The lowest BCUT2D eigenvalue weighted by Gasteiger charge is -2.19. The van der Waals surface area contributed by atoms with Crippen LogP contribution in [0.5, 0.6) is 0 Å². The summed E-state index contributed by atoms with van der Waals surface area (Å²) in [6, 6.07) is 26.3. The van der Waals surface area contributed by atoms with Gasteiger partial charge in [-0.05, 0) is 48.7 Å². The topological polar surface area (TPSA) is 73.2 Å². The molecule has 1 N–H and O–H groups in total. The zero-order valence-electron chi connectivity index (χ0n) is 18.5. The summed E-state index contributed by atoms with van der Waals surface area (Å²) in [5.41, 5.74) is 3.52. The van der Waals surface area contributed by atoms with Gasteiger partial charge < -0.3 is 5.32 Å². The third-order valence-electron chi connectivity index (χ3n) is 5.39. The van der Waals surface area contributed by atoms with E-state index in [1.165, 1.54) is 16.7 Å². The van der Waals surface area contributed by atoms with Gasteiger partial charge in [-0.3, -0.25) is 14.5 Å². The number of amides is 2. The Morgan fingerprint density at radius 3 is 2.44 bits per heavy atom. The zero-order chi connectivity index (χ0) is 24.1. The van der Waals surface area contributed by atoms with Crippen molar-refractivity contribution in [1.29, 1.82) is 5.26 Å². The van der Waals surface area contributed by atoms with Crippen LogP contribution in [-0.4, -0.2) is 17.1 Å². The Hall–Kier alpha value is -3.53. The first-order valence-electron chi connectivity index (χ1n) is 10.7. The number of rotatable bonds is 6. The molecule has 170 valence electrons. The summed E-state index contributed by atoms with van der Waals surface area (Å²) in [5.74, 6) is -0.690. The number of carbonyl (C=O) groups is 2. The molecule has 3 aromatic rings. The van der Waals surface area contributed by atoms with Gasteiger partial charge in [-0.2, -0.15) is 5.26 Å². The second-order valence-electron chi connectivity index (χ2n) is 7.91. The van der Waals surface area contributed by atoms with E-state index in [2.05, 4.69) is 5.32 Å². The molecule has 0 aliphatic carbocycles. The minimum Gasteiger partial charge on any atom is -0.347 e. The molecule has 1 atom stereocenters. The molecule has 1 heterocycles. The summed E-state index contributed by atoms with van der Waals surface area (Å²) in [5, 5.41) is 13.1. The van der Waals surface area contributed by atoms with Crippen LogP contribution in [0, 0.1) is 18.3 Å². The van der Waals surface area contributed by atoms with Crippen LogP contribution < -0.4 is 10.2 Å². The van der Waals surface area contributed by atoms with Gasteiger partial charge in [-0.25, -0.2) is 0 Å². The summed E-state index contributed by atoms with van der Waals surface area (Å²) in [6.45, 7) is 2.29. The average Bonchev–Trinajstić information content (AvgIpc) is 3.15. The fourth-order valence-electron chi connectivity index (χ4n) is 3.73. The zero-order valence-corrected chi connectivity index (χ0v) is 20.1. The molecule has 4 rings (SSSR count). The molecule has 2 amide bonds. The Balaban J connectivity index is 1.67. The van der Waals surface area contributed by atoms with Crippen LogP contribution in [0.1, 0.15) is 16.7 Å². The molecule has 0 unspecified atom stereocenters. The number of nitrogens with zero attached hydrogens (tertiary/aromatic N) is 2. The lowest BCUT2D eigenvalue weighted by molar-refractivity contribution is -0.117. The maximum absolute atomic E-state index is 13.5. The maximum atomic E-state index is 13.5. The second-order valence-corrected chi connectivity index (χ2v) is 9.54. The van der Waals surface area contributed by atoms with Crippen molar-refractivity contribution < 1.29 is 9.59 Å². The quantitative estimate of drug-likeness (QED) is 0.373. The fourth-order valence-corrected chi connectivity index (χ4v) is 5.17. The van der Waals surface area contributed by atoms with Crippen LogP contribution in [0.4, 0.5) is 5.69 Å². The minimum atomic E-state index is -0.517. The highest BCUT2D eigenvalue weighted by molar-refractivity contribution is 8.05. The summed E-state index contributed by atoms with van der Waals surface area (Å²) in [7, 11) is 0. The van der Waals surface area contributed by atoms with Crippen molar-refractivity contribution in [2.75, 3.05) is 4.90 Å². The van der Waals surface area contributed by atoms with Gasteiger partial charge in [0.15, 0.2) is 0 Å². The van der Waals surface area contributed by atoms with E-state index < -0.39 is 11.2 Å². The molecule has 34 heavy (non-hydrogen) atoms. The average molecular weight is 488 g/mol. The van der Waals surface area contributed by atoms with Crippen molar-refractivity contribution in [3.05, 3.63) is 111 Å². The smallest absolute Gasteiger partial charge is 0.264 e. The highest BCUT2D eigenvalue weighted by Crippen LogP contribution is 2.42. The van der Waals surface area contributed by atoms with Gasteiger partial charge in [0.2, 0.25) is 5.91 Å². The minimum absolute atomic E-state index is 0.0871. The van der Waals surface area contributed by atoms with Crippen molar-refractivity contribution in [1.82, 2.24) is 5.32 Å². The van der Waals surface area contributed by atoms with Crippen molar-refractivity contribution in [2.24, 2.45) is 0 Å². The van der Waals surface area contributed by atoms with Crippen LogP contribution in [0.25, 0.3) is 0 Å². The molecule has 7 heteroatoms. The van der Waals surface area contributed by atoms with E-state index in [1.54, 1.807) is 24.3 Å². The Bertz CT molecular complexity index is 1280. The maximum Gasteiger partial charge on any atom is 0.264 e. The molecular formula is C27H22ClN3O2S. The molecule has 0 spiro atoms. The number of aryl methyl sites for hydroxylation is 1. The number of anilines is 1. The number of halogens is 1. The van der Waals surface area contributed by atoms with Crippen LogP contribution >= 0.6 is 23.4 Å². The first-order chi connectivity index (χ1) is 16.5. The number of carbonyl (C=O) groups excluding carboxylic acids is 2. The monoisotopic (exact) mass is 487 g/mol. The van der Waals surface area contributed by atoms with Gasteiger partial charge in [0, 0.05) is 17.3 Å². The highest BCUT2D eigenvalue weighted by Gasteiger charge is 2.40. The number of hydrogen-bond acceptors (Lipinski definition) is 4. The van der Waals surface area contributed by atoms with Crippen molar-refractivity contribution >= 4 is 40.9 Å². The fraction of sp³-hybridized carbons (Fsp3) is 0.148. The molecule has 1 aliphatic rings. The van der Waals surface area contributed by atoms with E-state index in [9.17, 15) is 14.9 Å². The van der Waals surface area contributed by atoms with Gasteiger partial charge in [-0.15, -0.1) is 0 Å². The summed E-state index contributed by atoms with van der Waals surface area (Å²) >= 11 is 7.29. The van der Waals surface area contributed by atoms with Gasteiger partial charge >= 0.3 is 0 Å². The number of nitriles is 1. The lowest BCUT2D eigenvalue weighted by Crippen LogP contribution is -2.32. The largest absolute Gasteiger partial charge is 0.347 e. The molecule has 1 aliphatic heterocycles. The Morgan fingerprint density at radius 2 is 1.76 bits per heavy atom. The van der Waals surface area contributed by atoms with Crippen molar-refractivity contribution in [3.63, 3.8) is 0 Å². The number of thioether (sulfide) groups is 1. The van der Waals surface area contributed by atoms with E-state index in [-0.39, 0.29) is 18.0 Å². The number of hydrogen-bond donors (Lipinski definition) is 1. The molecular weight excluding hydrogens is 466 g/mol. The predicted octanol–water partition coefficient (Wildman–Crippen LogP) is 5.39. The number of benzene rings is 3. The summed E-state index contributed by atoms with van der Waals surface area (Å²) in [6.07, 6.45) is 0.489. The van der Waals surface area contributed by atoms with E-state index in [1.807, 2.05) is 67.6 Å². The van der Waals surface area contributed by atoms with E-state index >= 15 is 0 Å². The Morgan fingerprint density at radius 1 is 1.06 bits per heavy atom. The second kappa shape index (κ2) is 10.6. The third kappa shape index (κ3) is 5.33. The highest BCUT2D eigenvalue weighted by atomic mass is 35.5. The lowest BCUT2D eigenvalue weighted by atomic mass is 10.1.